The molecule has 0 fully saturated rings. The van der Waals surface area contributed by atoms with Crippen molar-refractivity contribution in [2.24, 2.45) is 0 Å². The van der Waals surface area contributed by atoms with Gasteiger partial charge in [0.25, 0.3) is 0 Å². The van der Waals surface area contributed by atoms with Gasteiger partial charge in [0, 0.05) is 11.1 Å². The molecule has 4 aromatic carbocycles. The Hall–Kier alpha value is -2.28. The molecule has 138 valence electrons. The second kappa shape index (κ2) is 7.76. The molecular weight excluding hydrogens is 419 g/mol. The topological polar surface area (TPSA) is 48.8 Å². The third-order valence-corrected chi connectivity index (χ3v) is 7.16. The zero-order valence-electron chi connectivity index (χ0n) is 16.1. The molecule has 0 saturated carbocycles. The molecule has 0 unspecified atom stereocenters. The Labute approximate surface area is 203 Å². The van der Waals surface area contributed by atoms with Crippen LogP contribution in [0.3, 0.4) is 0 Å². The first-order valence-electron chi connectivity index (χ1n) is 9.21. The normalized spacial score (nSPS) is 11.2. The van der Waals surface area contributed by atoms with E-state index in [1.54, 1.807) is 28.7 Å². The zero-order chi connectivity index (χ0) is 19.4. The summed E-state index contributed by atoms with van der Waals surface area (Å²) in [6.07, 6.45) is 0. The molecule has 6 heteroatoms. The van der Waals surface area contributed by atoms with Crippen LogP contribution in [-0.2, 0) is 0 Å². The number of rotatable bonds is 2. The molecule has 0 atom stereocenters. The molecule has 0 aliphatic heterocycles. The number of thiazole rings is 2. The van der Waals surface area contributed by atoms with Crippen molar-refractivity contribution in [1.82, 2.24) is 9.97 Å². The minimum atomic E-state index is 0. The molecule has 0 N–H and O–H groups in total. The molecule has 6 aromatic rings. The van der Waals surface area contributed by atoms with Gasteiger partial charge >= 0.3 is 29.6 Å². The Kier molecular flexibility index (Phi) is 5.09. The van der Waals surface area contributed by atoms with Crippen LogP contribution >= 0.6 is 22.7 Å². The van der Waals surface area contributed by atoms with Crippen molar-refractivity contribution in [2.45, 2.75) is 0 Å². The minimum Gasteiger partial charge on any atom is -0.872 e. The maximum atomic E-state index is 12.7. The molecule has 0 bridgehead atoms. The second-order valence-corrected chi connectivity index (χ2v) is 8.95. The van der Waals surface area contributed by atoms with Crippen molar-refractivity contribution in [3.63, 3.8) is 0 Å². The third kappa shape index (κ3) is 3.33. The van der Waals surface area contributed by atoms with Gasteiger partial charge in [-0.3, -0.25) is 0 Å². The van der Waals surface area contributed by atoms with E-state index < -0.39 is 0 Å². The van der Waals surface area contributed by atoms with Gasteiger partial charge in [-0.15, -0.1) is 22.7 Å². The quantitative estimate of drug-likeness (QED) is 0.394. The van der Waals surface area contributed by atoms with Crippen molar-refractivity contribution < 1.29 is 34.7 Å². The van der Waals surface area contributed by atoms with Gasteiger partial charge in [0.2, 0.25) is 0 Å². The van der Waals surface area contributed by atoms with Gasteiger partial charge in [0.15, 0.2) is 0 Å². The Morgan fingerprint density at radius 3 is 1.97 bits per heavy atom. The van der Waals surface area contributed by atoms with Crippen LogP contribution in [-0.4, -0.2) is 9.97 Å². The number of hydrogen-bond acceptors (Lipinski definition) is 5. The van der Waals surface area contributed by atoms with E-state index in [2.05, 4.69) is 17.1 Å². The average molecular weight is 433 g/mol. The Morgan fingerprint density at radius 2 is 1.27 bits per heavy atom. The van der Waals surface area contributed by atoms with Crippen molar-refractivity contribution in [3.05, 3.63) is 78.9 Å². The van der Waals surface area contributed by atoms with Crippen LogP contribution in [0.2, 0.25) is 0 Å². The summed E-state index contributed by atoms with van der Waals surface area (Å²) < 4.78 is 2.26. The minimum absolute atomic E-state index is 0. The number of nitrogens with zero attached hydrogens (tertiary/aromatic N) is 2. The average Bonchev–Trinajstić information content (AvgIpc) is 3.37. The van der Waals surface area contributed by atoms with E-state index in [1.807, 2.05) is 60.7 Å². The molecule has 2 heterocycles. The number of fused-ring (bicyclic) bond motifs is 3. The predicted octanol–water partition coefficient (Wildman–Crippen LogP) is 3.47. The zero-order valence-corrected chi connectivity index (χ0v) is 19.8. The number of benzene rings is 4. The molecule has 2 aromatic heterocycles. The van der Waals surface area contributed by atoms with Gasteiger partial charge in [-0.25, -0.2) is 9.97 Å². The Bertz CT molecular complexity index is 1470. The molecule has 30 heavy (non-hydrogen) atoms. The first-order chi connectivity index (χ1) is 14.2. The summed E-state index contributed by atoms with van der Waals surface area (Å²) in [6, 6.07) is 26.0. The smallest absolute Gasteiger partial charge is 0.872 e. The molecule has 6 rings (SSSR count). The van der Waals surface area contributed by atoms with E-state index in [4.69, 9.17) is 4.98 Å². The molecule has 0 aliphatic rings. The van der Waals surface area contributed by atoms with E-state index in [9.17, 15) is 5.11 Å². The molecule has 0 amide bonds. The largest absolute Gasteiger partial charge is 1.00 e. The van der Waals surface area contributed by atoms with Crippen LogP contribution in [0.25, 0.3) is 52.3 Å². The van der Waals surface area contributed by atoms with Gasteiger partial charge in [0.1, 0.15) is 10.0 Å². The number of aromatic nitrogens is 2. The number of para-hydroxylation sites is 2. The van der Waals surface area contributed by atoms with E-state index in [1.165, 1.54) is 4.70 Å². The molecule has 0 saturated heterocycles. The first-order valence-corrected chi connectivity index (χ1v) is 10.8. The van der Waals surface area contributed by atoms with E-state index in [0.29, 0.717) is 5.56 Å². The summed E-state index contributed by atoms with van der Waals surface area (Å²) in [5.74, 6) is 0.00398. The fourth-order valence-electron chi connectivity index (χ4n) is 3.56. The predicted molar refractivity (Wildman–Crippen MR) is 121 cm³/mol. The van der Waals surface area contributed by atoms with Crippen LogP contribution in [0.5, 0.6) is 5.75 Å². The maximum absolute atomic E-state index is 12.7. The van der Waals surface area contributed by atoms with E-state index in [0.717, 1.165) is 42.1 Å². The van der Waals surface area contributed by atoms with E-state index >= 15 is 0 Å². The Morgan fingerprint density at radius 1 is 0.633 bits per heavy atom. The molecule has 0 aliphatic carbocycles. The summed E-state index contributed by atoms with van der Waals surface area (Å²) in [5.41, 5.74) is 3.65. The standard InChI is InChI=1S/C24H14N2OS2.Na/c27-20-13-14-9-10-15(23-25-18-5-1-3-7-21(18)28-23)11-16(14)12-17(20)24-26-19-6-2-4-8-22(19)29-24;/h1-13,27H;/q;+1/p-1. The maximum Gasteiger partial charge on any atom is 1.00 e. The van der Waals surface area contributed by atoms with Crippen LogP contribution in [0.4, 0.5) is 0 Å². The monoisotopic (exact) mass is 432 g/mol. The van der Waals surface area contributed by atoms with Gasteiger partial charge in [-0.1, -0.05) is 48.2 Å². The summed E-state index contributed by atoms with van der Waals surface area (Å²) >= 11 is 3.24. The summed E-state index contributed by atoms with van der Waals surface area (Å²) in [7, 11) is 0. The summed E-state index contributed by atoms with van der Waals surface area (Å²) in [5, 5.41) is 16.5. The van der Waals surface area contributed by atoms with Crippen molar-refractivity contribution in [3.8, 4) is 26.9 Å². The van der Waals surface area contributed by atoms with Gasteiger partial charge in [-0.2, -0.15) is 0 Å². The van der Waals surface area contributed by atoms with E-state index in [-0.39, 0.29) is 35.3 Å². The SMILES string of the molecule is [Na+].[O-]c1cc2ccc(-c3nc4ccccc4s3)cc2cc1-c1nc2ccccc2s1. The first kappa shape index (κ1) is 19.7. The summed E-state index contributed by atoms with van der Waals surface area (Å²) in [4.78, 5) is 9.43. The van der Waals surface area contributed by atoms with Crippen LogP contribution < -0.4 is 34.7 Å². The fourth-order valence-corrected chi connectivity index (χ4v) is 5.51. The molecule has 0 spiro atoms. The van der Waals surface area contributed by atoms with Crippen LogP contribution in [0.1, 0.15) is 0 Å². The molecule has 3 nitrogen and oxygen atoms in total. The Balaban J connectivity index is 0.00000193. The molecule has 0 radical (unpaired) electrons. The third-order valence-electron chi connectivity index (χ3n) is 5.00. The van der Waals surface area contributed by atoms with Crippen molar-refractivity contribution in [2.75, 3.05) is 0 Å². The van der Waals surface area contributed by atoms with Gasteiger partial charge in [-0.05, 0) is 47.2 Å². The van der Waals surface area contributed by atoms with Crippen LogP contribution in [0.15, 0.2) is 78.9 Å². The molecular formula is C24H13N2NaOS2. The second-order valence-electron chi connectivity index (χ2n) is 6.88. The van der Waals surface area contributed by atoms with Gasteiger partial charge < -0.3 is 5.11 Å². The van der Waals surface area contributed by atoms with Crippen molar-refractivity contribution >= 4 is 53.9 Å². The van der Waals surface area contributed by atoms with Crippen molar-refractivity contribution in [1.29, 1.82) is 0 Å². The van der Waals surface area contributed by atoms with Crippen LogP contribution in [0, 0.1) is 0 Å². The van der Waals surface area contributed by atoms with Gasteiger partial charge in [0.05, 0.1) is 20.4 Å². The number of hydrogen-bond donors (Lipinski definition) is 0. The fraction of sp³-hybridized carbons (Fsp3) is 0. The summed E-state index contributed by atoms with van der Waals surface area (Å²) in [6.45, 7) is 0.